The van der Waals surface area contributed by atoms with Crippen LogP contribution in [0.4, 0.5) is 10.1 Å². The van der Waals surface area contributed by atoms with Gasteiger partial charge >= 0.3 is 5.69 Å². The van der Waals surface area contributed by atoms with Gasteiger partial charge in [0.05, 0.1) is 4.92 Å². The number of nitrogens with zero attached hydrogens (tertiary/aromatic N) is 1. The van der Waals surface area contributed by atoms with Gasteiger partial charge in [0.1, 0.15) is 0 Å². The third kappa shape index (κ3) is 3.20. The number of rotatable bonds is 5. The molecule has 1 N–H and O–H groups in total. The van der Waals surface area contributed by atoms with Crippen molar-refractivity contribution in [3.8, 4) is 0 Å². The van der Waals surface area contributed by atoms with Crippen molar-refractivity contribution in [2.45, 2.75) is 26.4 Å². The lowest BCUT2D eigenvalue weighted by Gasteiger charge is -2.12. The average molecular weight is 294 g/mol. The van der Waals surface area contributed by atoms with Gasteiger partial charge in [-0.05, 0) is 26.0 Å². The lowest BCUT2D eigenvalue weighted by Crippen LogP contribution is -2.18. The number of nitro benzene ring substituents is 1. The first-order valence-electron chi connectivity index (χ1n) is 6.20. The molecule has 0 aliphatic rings. The van der Waals surface area contributed by atoms with E-state index in [1.807, 2.05) is 26.0 Å². The van der Waals surface area contributed by atoms with Crippen molar-refractivity contribution in [1.82, 2.24) is 5.32 Å². The van der Waals surface area contributed by atoms with Crippen molar-refractivity contribution in [2.75, 3.05) is 0 Å². The van der Waals surface area contributed by atoms with Crippen LogP contribution in [0.3, 0.4) is 0 Å². The number of aryl methyl sites for hydroxylation is 1. The Hall–Kier alpha value is -1.79. The zero-order chi connectivity index (χ0) is 14.7. The Morgan fingerprint density at radius 3 is 2.75 bits per heavy atom. The lowest BCUT2D eigenvalue weighted by atomic mass is 10.1. The molecule has 1 atom stereocenters. The molecule has 1 heterocycles. The molecule has 1 unspecified atom stereocenters. The first-order valence-corrected chi connectivity index (χ1v) is 7.02. The molecular formula is C14H15FN2O2S. The molecule has 0 saturated carbocycles. The third-order valence-corrected chi connectivity index (χ3v) is 4.23. The van der Waals surface area contributed by atoms with Crippen LogP contribution >= 0.6 is 11.3 Å². The number of thiophene rings is 1. The summed E-state index contributed by atoms with van der Waals surface area (Å²) >= 11 is 1.68. The fourth-order valence-electron chi connectivity index (χ4n) is 1.89. The minimum absolute atomic E-state index is 0.0763. The molecule has 2 rings (SSSR count). The Kier molecular flexibility index (Phi) is 4.46. The molecule has 0 saturated heterocycles. The molecule has 0 aliphatic carbocycles. The summed E-state index contributed by atoms with van der Waals surface area (Å²) in [5, 5.41) is 13.9. The standard InChI is InChI=1S/C14H15FN2O2S/c1-9-6-7-13(20-9)10(2)16-8-11-4-3-5-12(14(11)15)17(18)19/h3-7,10,16H,8H2,1-2H3. The maximum Gasteiger partial charge on any atom is 0.305 e. The molecule has 0 fully saturated rings. The van der Waals surface area contributed by atoms with Gasteiger partial charge in [-0.3, -0.25) is 10.1 Å². The summed E-state index contributed by atoms with van der Waals surface area (Å²) in [7, 11) is 0. The molecule has 6 heteroatoms. The van der Waals surface area contributed by atoms with E-state index in [-0.39, 0.29) is 12.6 Å². The molecule has 0 bridgehead atoms. The van der Waals surface area contributed by atoms with Crippen LogP contribution in [-0.4, -0.2) is 4.92 Å². The lowest BCUT2D eigenvalue weighted by molar-refractivity contribution is -0.387. The minimum atomic E-state index is -0.764. The van der Waals surface area contributed by atoms with Gasteiger partial charge < -0.3 is 5.32 Å². The van der Waals surface area contributed by atoms with Crippen molar-refractivity contribution in [1.29, 1.82) is 0 Å². The van der Waals surface area contributed by atoms with E-state index in [2.05, 4.69) is 5.32 Å². The summed E-state index contributed by atoms with van der Waals surface area (Å²) in [6, 6.07) is 8.37. The highest BCUT2D eigenvalue weighted by Gasteiger charge is 2.17. The fourth-order valence-corrected chi connectivity index (χ4v) is 2.80. The Morgan fingerprint density at radius 1 is 1.40 bits per heavy atom. The number of halogens is 1. The number of hydrogen-bond acceptors (Lipinski definition) is 4. The van der Waals surface area contributed by atoms with Crippen LogP contribution in [0.15, 0.2) is 30.3 Å². The van der Waals surface area contributed by atoms with Crippen LogP contribution < -0.4 is 5.32 Å². The summed E-state index contributed by atoms with van der Waals surface area (Å²) in [5.74, 6) is -0.764. The predicted molar refractivity (Wildman–Crippen MR) is 77.4 cm³/mol. The molecule has 1 aromatic heterocycles. The van der Waals surface area contributed by atoms with Crippen molar-refractivity contribution in [2.24, 2.45) is 0 Å². The van der Waals surface area contributed by atoms with Crippen LogP contribution in [-0.2, 0) is 6.54 Å². The van der Waals surface area contributed by atoms with E-state index in [4.69, 9.17) is 0 Å². The van der Waals surface area contributed by atoms with Gasteiger partial charge in [0.25, 0.3) is 0 Å². The normalized spacial score (nSPS) is 12.3. The monoisotopic (exact) mass is 294 g/mol. The highest BCUT2D eigenvalue weighted by molar-refractivity contribution is 7.12. The van der Waals surface area contributed by atoms with Crippen LogP contribution in [0.25, 0.3) is 0 Å². The van der Waals surface area contributed by atoms with Gasteiger partial charge in [-0.15, -0.1) is 11.3 Å². The fraction of sp³-hybridized carbons (Fsp3) is 0.286. The zero-order valence-electron chi connectivity index (χ0n) is 11.2. The molecular weight excluding hydrogens is 279 g/mol. The molecule has 4 nitrogen and oxygen atoms in total. The SMILES string of the molecule is Cc1ccc(C(C)NCc2cccc([N+](=O)[O-])c2F)s1. The van der Waals surface area contributed by atoms with Gasteiger partial charge in [-0.25, -0.2) is 0 Å². The van der Waals surface area contributed by atoms with Gasteiger partial charge in [-0.1, -0.05) is 12.1 Å². The number of benzene rings is 1. The van der Waals surface area contributed by atoms with Crippen molar-refractivity contribution in [3.63, 3.8) is 0 Å². The van der Waals surface area contributed by atoms with E-state index < -0.39 is 16.4 Å². The maximum absolute atomic E-state index is 13.9. The smallest absolute Gasteiger partial charge is 0.305 e. The molecule has 20 heavy (non-hydrogen) atoms. The van der Waals surface area contributed by atoms with Crippen LogP contribution in [0.5, 0.6) is 0 Å². The molecule has 106 valence electrons. The molecule has 0 spiro atoms. The summed E-state index contributed by atoms with van der Waals surface area (Å²) in [6.45, 7) is 4.27. The molecule has 0 radical (unpaired) electrons. The Labute approximate surface area is 120 Å². The topological polar surface area (TPSA) is 55.2 Å². The highest BCUT2D eigenvalue weighted by atomic mass is 32.1. The molecule has 0 aliphatic heterocycles. The van der Waals surface area contributed by atoms with E-state index in [9.17, 15) is 14.5 Å². The van der Waals surface area contributed by atoms with Gasteiger partial charge in [0.15, 0.2) is 0 Å². The number of nitro groups is 1. The van der Waals surface area contributed by atoms with Crippen LogP contribution in [0.2, 0.25) is 0 Å². The van der Waals surface area contributed by atoms with Crippen LogP contribution in [0, 0.1) is 22.9 Å². The number of nitrogens with one attached hydrogen (secondary N) is 1. The largest absolute Gasteiger partial charge is 0.305 e. The summed E-state index contributed by atoms with van der Waals surface area (Å²) in [4.78, 5) is 12.4. The van der Waals surface area contributed by atoms with Crippen molar-refractivity contribution >= 4 is 17.0 Å². The number of hydrogen-bond donors (Lipinski definition) is 1. The van der Waals surface area contributed by atoms with E-state index in [1.54, 1.807) is 17.4 Å². The highest BCUT2D eigenvalue weighted by Crippen LogP contribution is 2.24. The Balaban J connectivity index is 2.08. The van der Waals surface area contributed by atoms with E-state index in [1.165, 1.54) is 17.0 Å². The second-order valence-corrected chi connectivity index (χ2v) is 5.88. The van der Waals surface area contributed by atoms with E-state index in [0.29, 0.717) is 5.56 Å². The van der Waals surface area contributed by atoms with E-state index >= 15 is 0 Å². The quantitative estimate of drug-likeness (QED) is 0.671. The molecule has 2 aromatic rings. The van der Waals surface area contributed by atoms with Gasteiger partial charge in [-0.2, -0.15) is 4.39 Å². The Morgan fingerprint density at radius 2 is 2.15 bits per heavy atom. The third-order valence-electron chi connectivity index (χ3n) is 3.04. The summed E-state index contributed by atoms with van der Waals surface area (Å²) in [6.07, 6.45) is 0. The first kappa shape index (κ1) is 14.6. The zero-order valence-corrected chi connectivity index (χ0v) is 12.0. The maximum atomic E-state index is 13.9. The average Bonchev–Trinajstić information content (AvgIpc) is 2.83. The van der Waals surface area contributed by atoms with Crippen molar-refractivity contribution in [3.05, 3.63) is 61.6 Å². The van der Waals surface area contributed by atoms with Gasteiger partial charge in [0.2, 0.25) is 5.82 Å². The van der Waals surface area contributed by atoms with Crippen LogP contribution in [0.1, 0.15) is 28.3 Å². The second-order valence-electron chi connectivity index (χ2n) is 4.56. The second kappa shape index (κ2) is 6.11. The minimum Gasteiger partial charge on any atom is -0.305 e. The molecule has 1 aromatic carbocycles. The van der Waals surface area contributed by atoms with Crippen molar-refractivity contribution < 1.29 is 9.31 Å². The summed E-state index contributed by atoms with van der Waals surface area (Å²) in [5.41, 5.74) is -0.178. The predicted octanol–water partition coefficient (Wildman–Crippen LogP) is 3.95. The molecule has 0 amide bonds. The first-order chi connectivity index (χ1) is 9.49. The van der Waals surface area contributed by atoms with Gasteiger partial charge in [0, 0.05) is 34.0 Å². The van der Waals surface area contributed by atoms with E-state index in [0.717, 1.165) is 4.88 Å². The summed E-state index contributed by atoms with van der Waals surface area (Å²) < 4.78 is 13.9. The Bertz CT molecular complexity index is 627.